The van der Waals surface area contributed by atoms with E-state index in [1.54, 1.807) is 0 Å². The van der Waals surface area contributed by atoms with Gasteiger partial charge in [-0.15, -0.1) is 0 Å². The van der Waals surface area contributed by atoms with Gasteiger partial charge in [-0.3, -0.25) is 0 Å². The fourth-order valence-corrected chi connectivity index (χ4v) is 0.405. The van der Waals surface area contributed by atoms with Crippen molar-refractivity contribution in [2.45, 2.75) is 6.36 Å². The lowest BCUT2D eigenvalue weighted by molar-refractivity contribution is 0.00931. The molecule has 0 spiro atoms. The predicted molar refractivity (Wildman–Crippen MR) is 24.3 cm³/mol. The van der Waals surface area contributed by atoms with Gasteiger partial charge in [0.15, 0.2) is 0 Å². The van der Waals surface area contributed by atoms with Crippen molar-refractivity contribution in [3.05, 3.63) is 24.2 Å². The largest absolute Gasteiger partial charge is 0.432 e. The SMILES string of the molecule is FC1=CC=CC(F)O1. The molecule has 1 aliphatic rings. The number of rotatable bonds is 0. The molecule has 1 rings (SSSR count). The van der Waals surface area contributed by atoms with Crippen molar-refractivity contribution in [3.63, 3.8) is 0 Å². The summed E-state index contributed by atoms with van der Waals surface area (Å²) >= 11 is 0. The maximum atomic E-state index is 11.8. The third-order valence-electron chi connectivity index (χ3n) is 0.715. The fourth-order valence-electron chi connectivity index (χ4n) is 0.405. The standard InChI is InChI=1S/C5H4F2O/c6-4-2-1-3-5(7)8-4/h1-4H. The molecule has 1 heterocycles. The zero-order valence-electron chi connectivity index (χ0n) is 3.97. The van der Waals surface area contributed by atoms with Crippen molar-refractivity contribution in [3.8, 4) is 0 Å². The van der Waals surface area contributed by atoms with E-state index >= 15 is 0 Å². The molecule has 0 aromatic heterocycles. The Morgan fingerprint density at radius 1 is 1.62 bits per heavy atom. The van der Waals surface area contributed by atoms with Gasteiger partial charge in [-0.25, -0.2) is 0 Å². The first kappa shape index (κ1) is 5.28. The van der Waals surface area contributed by atoms with Crippen LogP contribution in [0, 0.1) is 0 Å². The van der Waals surface area contributed by atoms with Gasteiger partial charge >= 0.3 is 0 Å². The Balaban J connectivity index is 2.59. The molecule has 8 heavy (non-hydrogen) atoms. The predicted octanol–water partition coefficient (Wildman–Crippen LogP) is 1.68. The minimum Gasteiger partial charge on any atom is -0.432 e. The maximum Gasteiger partial charge on any atom is 0.275 e. The van der Waals surface area contributed by atoms with Crippen LogP contribution in [0.25, 0.3) is 0 Å². The molecule has 0 saturated carbocycles. The summed E-state index contributed by atoms with van der Waals surface area (Å²) in [5, 5.41) is 0. The molecule has 0 aromatic carbocycles. The fraction of sp³-hybridized carbons (Fsp3) is 0.200. The highest BCUT2D eigenvalue weighted by atomic mass is 19.2. The van der Waals surface area contributed by atoms with Crippen molar-refractivity contribution >= 4 is 0 Å². The van der Waals surface area contributed by atoms with E-state index in [1.807, 2.05) is 0 Å². The van der Waals surface area contributed by atoms with Crippen molar-refractivity contribution in [2.75, 3.05) is 0 Å². The molecule has 0 saturated heterocycles. The quantitative estimate of drug-likeness (QED) is 0.470. The number of hydrogen-bond acceptors (Lipinski definition) is 1. The van der Waals surface area contributed by atoms with E-state index in [4.69, 9.17) is 0 Å². The topological polar surface area (TPSA) is 9.23 Å². The summed E-state index contributed by atoms with van der Waals surface area (Å²) in [5.74, 6) is 0. The summed E-state index contributed by atoms with van der Waals surface area (Å²) in [6.07, 6.45) is 1.82. The highest BCUT2D eigenvalue weighted by molar-refractivity contribution is 5.08. The second-order valence-corrected chi connectivity index (χ2v) is 1.32. The number of ether oxygens (including phenoxy) is 1. The summed E-state index contributed by atoms with van der Waals surface area (Å²) in [6.45, 7) is 0. The van der Waals surface area contributed by atoms with Gasteiger partial charge in [0.05, 0.1) is 0 Å². The van der Waals surface area contributed by atoms with Gasteiger partial charge in [0.25, 0.3) is 12.4 Å². The van der Waals surface area contributed by atoms with Crippen LogP contribution >= 0.6 is 0 Å². The van der Waals surface area contributed by atoms with Crippen LogP contribution in [0.1, 0.15) is 0 Å². The molecule has 1 atom stereocenters. The lowest BCUT2D eigenvalue weighted by Gasteiger charge is -2.06. The molecule has 0 aliphatic carbocycles. The lowest BCUT2D eigenvalue weighted by atomic mass is 10.4. The van der Waals surface area contributed by atoms with Crippen molar-refractivity contribution < 1.29 is 13.5 Å². The van der Waals surface area contributed by atoms with E-state index < -0.39 is 12.4 Å². The molecule has 0 N–H and O–H groups in total. The first-order chi connectivity index (χ1) is 3.79. The van der Waals surface area contributed by atoms with Crippen LogP contribution in [-0.2, 0) is 4.74 Å². The van der Waals surface area contributed by atoms with Crippen molar-refractivity contribution in [2.24, 2.45) is 0 Å². The molecule has 0 fully saturated rings. The van der Waals surface area contributed by atoms with Gasteiger partial charge in [0.2, 0.25) is 0 Å². The summed E-state index contributed by atoms with van der Waals surface area (Å²) in [5.41, 5.74) is 0. The number of alkyl halides is 1. The van der Waals surface area contributed by atoms with Gasteiger partial charge in [-0.1, -0.05) is 6.08 Å². The monoisotopic (exact) mass is 118 g/mol. The van der Waals surface area contributed by atoms with E-state index in [2.05, 4.69) is 4.74 Å². The van der Waals surface area contributed by atoms with E-state index in [0.717, 1.165) is 12.2 Å². The van der Waals surface area contributed by atoms with Gasteiger partial charge < -0.3 is 4.74 Å². The summed E-state index contributed by atoms with van der Waals surface area (Å²) in [4.78, 5) is 0. The molecule has 1 unspecified atom stereocenters. The Labute approximate surface area is 45.3 Å². The van der Waals surface area contributed by atoms with Crippen molar-refractivity contribution in [1.29, 1.82) is 0 Å². The third-order valence-corrected chi connectivity index (χ3v) is 0.715. The average Bonchev–Trinajstić information content (AvgIpc) is 1.64. The maximum absolute atomic E-state index is 11.8. The zero-order valence-corrected chi connectivity index (χ0v) is 3.97. The van der Waals surface area contributed by atoms with Crippen molar-refractivity contribution in [1.82, 2.24) is 0 Å². The number of allylic oxidation sites excluding steroid dienone is 2. The van der Waals surface area contributed by atoms with Crippen LogP contribution in [0.2, 0.25) is 0 Å². The lowest BCUT2D eigenvalue weighted by Crippen LogP contribution is -2.02. The first-order valence-electron chi connectivity index (χ1n) is 2.14. The molecule has 1 nitrogen and oxygen atoms in total. The molecule has 0 bridgehead atoms. The van der Waals surface area contributed by atoms with Crippen LogP contribution in [0.15, 0.2) is 24.2 Å². The number of halogens is 2. The van der Waals surface area contributed by atoms with Crippen LogP contribution in [0.5, 0.6) is 0 Å². The Kier molecular flexibility index (Phi) is 1.28. The van der Waals surface area contributed by atoms with Crippen LogP contribution < -0.4 is 0 Å². The van der Waals surface area contributed by atoms with E-state index in [1.165, 1.54) is 6.08 Å². The zero-order chi connectivity index (χ0) is 5.98. The van der Waals surface area contributed by atoms with Crippen LogP contribution in [0.3, 0.4) is 0 Å². The Bertz CT molecular complexity index is 139. The highest BCUT2D eigenvalue weighted by Gasteiger charge is 2.06. The van der Waals surface area contributed by atoms with Gasteiger partial charge in [0, 0.05) is 6.08 Å². The Morgan fingerprint density at radius 2 is 2.38 bits per heavy atom. The summed E-state index contributed by atoms with van der Waals surface area (Å²) < 4.78 is 27.6. The highest BCUT2D eigenvalue weighted by Crippen LogP contribution is 2.11. The van der Waals surface area contributed by atoms with Crippen LogP contribution in [0.4, 0.5) is 8.78 Å². The molecular formula is C5H4F2O. The minimum absolute atomic E-state index is 0.875. The third kappa shape index (κ3) is 1.05. The Morgan fingerprint density at radius 3 is 2.75 bits per heavy atom. The molecule has 44 valence electrons. The van der Waals surface area contributed by atoms with E-state index in [-0.39, 0.29) is 0 Å². The normalized spacial score (nSPS) is 26.8. The number of hydrogen-bond donors (Lipinski definition) is 0. The Hall–Kier alpha value is -0.860. The van der Waals surface area contributed by atoms with Crippen LogP contribution in [-0.4, -0.2) is 6.36 Å². The molecular weight excluding hydrogens is 114 g/mol. The summed E-state index contributed by atoms with van der Waals surface area (Å²) in [7, 11) is 0. The van der Waals surface area contributed by atoms with Gasteiger partial charge in [0.1, 0.15) is 0 Å². The molecule has 0 radical (unpaired) electrons. The summed E-state index contributed by atoms with van der Waals surface area (Å²) in [6, 6.07) is -0.875. The molecule has 0 aromatic rings. The van der Waals surface area contributed by atoms with Gasteiger partial charge in [-0.2, -0.15) is 8.78 Å². The van der Waals surface area contributed by atoms with E-state index in [9.17, 15) is 8.78 Å². The minimum atomic E-state index is -1.61. The van der Waals surface area contributed by atoms with E-state index in [0.29, 0.717) is 0 Å². The second kappa shape index (κ2) is 1.94. The van der Waals surface area contributed by atoms with Gasteiger partial charge in [-0.05, 0) is 6.08 Å². The smallest absolute Gasteiger partial charge is 0.275 e. The molecule has 3 heteroatoms. The first-order valence-corrected chi connectivity index (χ1v) is 2.14. The second-order valence-electron chi connectivity index (χ2n) is 1.32. The molecule has 0 amide bonds. The molecule has 1 aliphatic heterocycles. The average molecular weight is 118 g/mol.